The van der Waals surface area contributed by atoms with Gasteiger partial charge in [0, 0.05) is 6.20 Å². The lowest BCUT2D eigenvalue weighted by molar-refractivity contribution is 0.101. The van der Waals surface area contributed by atoms with Gasteiger partial charge in [-0.15, -0.1) is 0 Å². The lowest BCUT2D eigenvalue weighted by Gasteiger charge is -2.05. The molecule has 0 radical (unpaired) electrons. The second-order valence-corrected chi connectivity index (χ2v) is 3.69. The Bertz CT molecular complexity index is 540. The molecule has 0 atom stereocenters. The van der Waals surface area contributed by atoms with E-state index in [4.69, 9.17) is 15.9 Å². The van der Waals surface area contributed by atoms with Crippen molar-refractivity contribution in [2.24, 2.45) is 5.73 Å². The van der Waals surface area contributed by atoms with E-state index in [-0.39, 0.29) is 23.9 Å². The lowest BCUT2D eigenvalue weighted by atomic mass is 10.0. The summed E-state index contributed by atoms with van der Waals surface area (Å²) in [5, 5.41) is 0. The molecule has 0 bridgehead atoms. The Morgan fingerprint density at radius 1 is 1.41 bits per heavy atom. The molecular weight excluding hydrogens is 218 g/mol. The van der Waals surface area contributed by atoms with Crippen molar-refractivity contribution in [1.82, 2.24) is 4.98 Å². The molecule has 17 heavy (non-hydrogen) atoms. The van der Waals surface area contributed by atoms with Gasteiger partial charge in [0.25, 0.3) is 0 Å². The Morgan fingerprint density at radius 2 is 2.18 bits per heavy atom. The second kappa shape index (κ2) is 4.39. The third-order valence-electron chi connectivity index (χ3n) is 2.50. The molecule has 0 aliphatic rings. The number of aryl methyl sites for hydroxylation is 1. The van der Waals surface area contributed by atoms with Crippen molar-refractivity contribution in [2.75, 3.05) is 5.73 Å². The molecule has 0 unspecified atom stereocenters. The highest BCUT2D eigenvalue weighted by Gasteiger charge is 2.18. The van der Waals surface area contributed by atoms with Crippen molar-refractivity contribution in [2.45, 2.75) is 13.5 Å². The van der Waals surface area contributed by atoms with Gasteiger partial charge in [0.2, 0.25) is 5.78 Å². The first kappa shape index (κ1) is 11.3. The van der Waals surface area contributed by atoms with Crippen LogP contribution in [0.5, 0.6) is 0 Å². The fourth-order valence-corrected chi connectivity index (χ4v) is 1.61. The number of ketones is 1. The number of aromatic nitrogens is 1. The summed E-state index contributed by atoms with van der Waals surface area (Å²) in [5.41, 5.74) is 12.3. The van der Waals surface area contributed by atoms with Crippen LogP contribution in [0.4, 0.5) is 5.82 Å². The van der Waals surface area contributed by atoms with Crippen LogP contribution in [0.1, 0.15) is 27.4 Å². The molecule has 2 heterocycles. The molecule has 0 aliphatic heterocycles. The molecule has 0 aliphatic carbocycles. The van der Waals surface area contributed by atoms with Crippen LogP contribution in [0.25, 0.3) is 0 Å². The van der Waals surface area contributed by atoms with Crippen molar-refractivity contribution in [3.05, 3.63) is 47.0 Å². The standard InChI is InChI=1S/C12H13N3O2/c1-7-4-5-15-12(14)10(7)11(16)9-3-2-8(6-13)17-9/h2-5H,6,13H2,1H3,(H2,14,15). The van der Waals surface area contributed by atoms with Crippen LogP contribution in [0, 0.1) is 6.92 Å². The fourth-order valence-electron chi connectivity index (χ4n) is 1.61. The van der Waals surface area contributed by atoms with E-state index >= 15 is 0 Å². The molecule has 2 aromatic heterocycles. The number of hydrogen-bond acceptors (Lipinski definition) is 5. The number of nitrogen functional groups attached to an aromatic ring is 1. The molecule has 0 fully saturated rings. The quantitative estimate of drug-likeness (QED) is 0.775. The molecule has 0 saturated heterocycles. The molecule has 2 aromatic rings. The zero-order valence-corrected chi connectivity index (χ0v) is 9.43. The second-order valence-electron chi connectivity index (χ2n) is 3.69. The van der Waals surface area contributed by atoms with Crippen LogP contribution in [0.3, 0.4) is 0 Å². The SMILES string of the molecule is Cc1ccnc(N)c1C(=O)c1ccc(CN)o1. The van der Waals surface area contributed by atoms with Gasteiger partial charge in [-0.1, -0.05) is 0 Å². The van der Waals surface area contributed by atoms with Crippen LogP contribution in [0.2, 0.25) is 0 Å². The van der Waals surface area contributed by atoms with E-state index in [9.17, 15) is 4.79 Å². The minimum atomic E-state index is -0.271. The third kappa shape index (κ3) is 2.05. The summed E-state index contributed by atoms with van der Waals surface area (Å²) >= 11 is 0. The number of nitrogens with zero attached hydrogens (tertiary/aromatic N) is 1. The maximum atomic E-state index is 12.2. The number of carbonyl (C=O) groups excluding carboxylic acids is 1. The molecule has 0 aromatic carbocycles. The summed E-state index contributed by atoms with van der Waals surface area (Å²) in [6, 6.07) is 5.00. The van der Waals surface area contributed by atoms with Gasteiger partial charge in [-0.25, -0.2) is 4.98 Å². The fraction of sp³-hybridized carbons (Fsp3) is 0.167. The van der Waals surface area contributed by atoms with Gasteiger partial charge in [-0.3, -0.25) is 4.79 Å². The Morgan fingerprint density at radius 3 is 2.76 bits per heavy atom. The van der Waals surface area contributed by atoms with Crippen molar-refractivity contribution in [3.8, 4) is 0 Å². The molecule has 4 N–H and O–H groups in total. The van der Waals surface area contributed by atoms with Crippen LogP contribution >= 0.6 is 0 Å². The summed E-state index contributed by atoms with van der Waals surface area (Å²) in [5.74, 6) is 0.732. The first-order chi connectivity index (χ1) is 8.13. The summed E-state index contributed by atoms with van der Waals surface area (Å²) in [7, 11) is 0. The van der Waals surface area contributed by atoms with Crippen LogP contribution < -0.4 is 11.5 Å². The molecule has 88 valence electrons. The van der Waals surface area contributed by atoms with Gasteiger partial charge in [0.1, 0.15) is 11.6 Å². The van der Waals surface area contributed by atoms with E-state index in [1.807, 2.05) is 0 Å². The van der Waals surface area contributed by atoms with Crippen molar-refractivity contribution >= 4 is 11.6 Å². The van der Waals surface area contributed by atoms with Crippen molar-refractivity contribution in [1.29, 1.82) is 0 Å². The largest absolute Gasteiger partial charge is 0.456 e. The molecule has 0 spiro atoms. The van der Waals surface area contributed by atoms with Crippen molar-refractivity contribution < 1.29 is 9.21 Å². The van der Waals surface area contributed by atoms with Gasteiger partial charge in [0.05, 0.1) is 12.1 Å². The normalized spacial score (nSPS) is 10.5. The first-order valence-electron chi connectivity index (χ1n) is 5.18. The summed E-state index contributed by atoms with van der Waals surface area (Å²) in [4.78, 5) is 16.1. The van der Waals surface area contributed by atoms with Crippen molar-refractivity contribution in [3.63, 3.8) is 0 Å². The van der Waals surface area contributed by atoms with Crippen LogP contribution in [-0.4, -0.2) is 10.8 Å². The lowest BCUT2D eigenvalue weighted by Crippen LogP contribution is -2.08. The molecule has 5 nitrogen and oxygen atoms in total. The highest BCUT2D eigenvalue weighted by atomic mass is 16.3. The Hall–Kier alpha value is -2.14. The van der Waals surface area contributed by atoms with Gasteiger partial charge >= 0.3 is 0 Å². The number of nitrogens with two attached hydrogens (primary N) is 2. The number of carbonyl (C=O) groups is 1. The Balaban J connectivity index is 2.43. The molecule has 2 rings (SSSR count). The molecule has 5 heteroatoms. The Kier molecular flexibility index (Phi) is 2.93. The predicted molar refractivity (Wildman–Crippen MR) is 63.4 cm³/mol. The third-order valence-corrected chi connectivity index (χ3v) is 2.50. The van der Waals surface area contributed by atoms with E-state index in [0.29, 0.717) is 11.3 Å². The van der Waals surface area contributed by atoms with Gasteiger partial charge in [0.15, 0.2) is 5.76 Å². The molecular formula is C12H13N3O2. The van der Waals surface area contributed by atoms with E-state index < -0.39 is 0 Å². The smallest absolute Gasteiger partial charge is 0.232 e. The average Bonchev–Trinajstić information content (AvgIpc) is 2.77. The topological polar surface area (TPSA) is 95.1 Å². The minimum absolute atomic E-state index is 0.209. The number of hydrogen-bond donors (Lipinski definition) is 2. The number of furan rings is 1. The number of pyridine rings is 1. The Labute approximate surface area is 98.4 Å². The van der Waals surface area contributed by atoms with Crippen LogP contribution in [0.15, 0.2) is 28.8 Å². The van der Waals surface area contributed by atoms with Gasteiger partial charge in [-0.05, 0) is 30.7 Å². The molecule has 0 saturated carbocycles. The molecule has 0 amide bonds. The summed E-state index contributed by atoms with van der Waals surface area (Å²) < 4.78 is 5.30. The highest BCUT2D eigenvalue weighted by molar-refractivity contribution is 6.10. The number of rotatable bonds is 3. The first-order valence-corrected chi connectivity index (χ1v) is 5.18. The minimum Gasteiger partial charge on any atom is -0.456 e. The number of anilines is 1. The van der Waals surface area contributed by atoms with Crippen LogP contribution in [-0.2, 0) is 6.54 Å². The average molecular weight is 231 g/mol. The maximum Gasteiger partial charge on any atom is 0.232 e. The van der Waals surface area contributed by atoms with E-state index in [1.54, 1.807) is 31.3 Å². The highest BCUT2D eigenvalue weighted by Crippen LogP contribution is 2.19. The zero-order valence-electron chi connectivity index (χ0n) is 9.43. The predicted octanol–water partition coefficient (Wildman–Crippen LogP) is 1.25. The summed E-state index contributed by atoms with van der Waals surface area (Å²) in [6.07, 6.45) is 1.56. The zero-order chi connectivity index (χ0) is 12.4. The van der Waals surface area contributed by atoms with Gasteiger partial charge < -0.3 is 15.9 Å². The van der Waals surface area contributed by atoms with E-state index in [0.717, 1.165) is 5.56 Å². The summed E-state index contributed by atoms with van der Waals surface area (Å²) in [6.45, 7) is 2.06. The monoisotopic (exact) mass is 231 g/mol. The van der Waals surface area contributed by atoms with E-state index in [2.05, 4.69) is 4.98 Å². The van der Waals surface area contributed by atoms with E-state index in [1.165, 1.54) is 0 Å². The maximum absolute atomic E-state index is 12.2. The van der Waals surface area contributed by atoms with Gasteiger partial charge in [-0.2, -0.15) is 0 Å².